The van der Waals surface area contributed by atoms with Crippen LogP contribution in [0.4, 0.5) is 0 Å². The molecule has 0 unspecified atom stereocenters. The maximum absolute atomic E-state index is 12.1. The number of alkyl halides is 1. The van der Waals surface area contributed by atoms with Gasteiger partial charge < -0.3 is 14.2 Å². The van der Waals surface area contributed by atoms with Crippen LogP contribution in [0.5, 0.6) is 0 Å². The molecule has 92 valence electrons. The van der Waals surface area contributed by atoms with Crippen LogP contribution in [0, 0.1) is 5.92 Å². The first-order valence-electron chi connectivity index (χ1n) is 5.10. The molecule has 0 saturated heterocycles. The summed E-state index contributed by atoms with van der Waals surface area (Å²) in [7, 11) is -3.40. The maximum Gasteiger partial charge on any atom is 0.351 e. The van der Waals surface area contributed by atoms with Crippen molar-refractivity contribution in [1.29, 1.82) is 0 Å². The summed E-state index contributed by atoms with van der Waals surface area (Å²) in [6.45, 7) is 7.48. The molecule has 0 radical (unpaired) electrons. The van der Waals surface area contributed by atoms with E-state index in [0.717, 1.165) is 0 Å². The van der Waals surface area contributed by atoms with Gasteiger partial charge in [0.15, 0.2) is 5.12 Å². The SMILES string of the molecule is CCOP(=O)(OCC)[C@H](Cl)[C@@H](O)C(C)C. The van der Waals surface area contributed by atoms with E-state index >= 15 is 0 Å². The van der Waals surface area contributed by atoms with Crippen LogP contribution in [-0.2, 0) is 13.6 Å². The molecule has 0 fully saturated rings. The van der Waals surface area contributed by atoms with Gasteiger partial charge in [0, 0.05) is 0 Å². The van der Waals surface area contributed by atoms with Crippen molar-refractivity contribution in [3.05, 3.63) is 0 Å². The first kappa shape index (κ1) is 15.4. The summed E-state index contributed by atoms with van der Waals surface area (Å²) < 4.78 is 22.2. The van der Waals surface area contributed by atoms with E-state index in [1.54, 1.807) is 27.7 Å². The summed E-state index contributed by atoms with van der Waals surface area (Å²) in [5.74, 6) is -0.0956. The first-order valence-corrected chi connectivity index (χ1v) is 7.14. The van der Waals surface area contributed by atoms with Crippen molar-refractivity contribution < 1.29 is 18.7 Å². The van der Waals surface area contributed by atoms with Crippen LogP contribution in [0.1, 0.15) is 27.7 Å². The van der Waals surface area contributed by atoms with Crippen LogP contribution >= 0.6 is 19.2 Å². The van der Waals surface area contributed by atoms with E-state index < -0.39 is 18.8 Å². The molecule has 15 heavy (non-hydrogen) atoms. The van der Waals surface area contributed by atoms with Crippen LogP contribution in [0.3, 0.4) is 0 Å². The number of rotatable bonds is 7. The minimum absolute atomic E-state index is 0.0956. The summed E-state index contributed by atoms with van der Waals surface area (Å²) in [6, 6.07) is 0. The molecule has 6 heteroatoms. The zero-order valence-electron chi connectivity index (χ0n) is 9.64. The topological polar surface area (TPSA) is 55.8 Å². The molecule has 0 amide bonds. The van der Waals surface area contributed by atoms with Gasteiger partial charge >= 0.3 is 7.60 Å². The van der Waals surface area contributed by atoms with Crippen molar-refractivity contribution >= 4 is 19.2 Å². The molecule has 0 aromatic rings. The van der Waals surface area contributed by atoms with Gasteiger partial charge in [0.05, 0.1) is 19.3 Å². The van der Waals surface area contributed by atoms with Crippen molar-refractivity contribution in [1.82, 2.24) is 0 Å². The van der Waals surface area contributed by atoms with Gasteiger partial charge in [-0.15, -0.1) is 11.6 Å². The van der Waals surface area contributed by atoms with Crippen LogP contribution < -0.4 is 0 Å². The summed E-state index contributed by atoms with van der Waals surface area (Å²) >= 11 is 5.93. The standard InChI is InChI=1S/C9H20ClO4P/c1-5-13-15(12,14-6-2)9(10)8(11)7(3)4/h7-9,11H,5-6H2,1-4H3/t8-,9-/m0/s1. The number of aliphatic hydroxyl groups excluding tert-OH is 1. The predicted octanol–water partition coefficient (Wildman–Crippen LogP) is 2.83. The average molecular weight is 259 g/mol. The number of aliphatic hydroxyl groups is 1. The highest BCUT2D eigenvalue weighted by atomic mass is 35.5. The average Bonchev–Trinajstić information content (AvgIpc) is 2.16. The van der Waals surface area contributed by atoms with Gasteiger partial charge in [0.2, 0.25) is 0 Å². The van der Waals surface area contributed by atoms with E-state index in [1.165, 1.54) is 0 Å². The number of halogens is 1. The van der Waals surface area contributed by atoms with Crippen molar-refractivity contribution in [2.24, 2.45) is 5.92 Å². The Morgan fingerprint density at radius 3 is 1.93 bits per heavy atom. The van der Waals surface area contributed by atoms with Crippen molar-refractivity contribution in [3.63, 3.8) is 0 Å². The van der Waals surface area contributed by atoms with E-state index in [4.69, 9.17) is 20.6 Å². The zero-order valence-corrected chi connectivity index (χ0v) is 11.3. The molecule has 0 aliphatic heterocycles. The summed E-state index contributed by atoms with van der Waals surface area (Å²) in [5.41, 5.74) is 0. The van der Waals surface area contributed by atoms with E-state index in [9.17, 15) is 9.67 Å². The fraction of sp³-hybridized carbons (Fsp3) is 1.00. The Labute approximate surface area is 96.4 Å². The van der Waals surface area contributed by atoms with Crippen LogP contribution in [0.15, 0.2) is 0 Å². The lowest BCUT2D eigenvalue weighted by atomic mass is 10.1. The summed E-state index contributed by atoms with van der Waals surface area (Å²) in [6.07, 6.45) is -0.907. The lowest BCUT2D eigenvalue weighted by Crippen LogP contribution is -2.28. The molecule has 0 bridgehead atoms. The Morgan fingerprint density at radius 1 is 1.27 bits per heavy atom. The van der Waals surface area contributed by atoms with Crippen molar-refractivity contribution in [3.8, 4) is 0 Å². The molecule has 0 aliphatic rings. The molecular formula is C9H20ClO4P. The fourth-order valence-electron chi connectivity index (χ4n) is 1.04. The van der Waals surface area contributed by atoms with Gasteiger partial charge in [-0.05, 0) is 19.8 Å². The van der Waals surface area contributed by atoms with Crippen LogP contribution in [0.25, 0.3) is 0 Å². The van der Waals surface area contributed by atoms with Gasteiger partial charge in [-0.3, -0.25) is 4.57 Å². The van der Waals surface area contributed by atoms with Crippen molar-refractivity contribution in [2.45, 2.75) is 38.9 Å². The van der Waals surface area contributed by atoms with Crippen molar-refractivity contribution in [2.75, 3.05) is 13.2 Å². The maximum atomic E-state index is 12.1. The third-order valence-electron chi connectivity index (χ3n) is 1.89. The van der Waals surface area contributed by atoms with Gasteiger partial charge in [0.25, 0.3) is 0 Å². The Kier molecular flexibility index (Phi) is 7.05. The number of hydrogen-bond acceptors (Lipinski definition) is 4. The van der Waals surface area contributed by atoms with E-state index in [1.807, 2.05) is 0 Å². The second-order valence-corrected chi connectivity index (χ2v) is 6.41. The fourth-order valence-corrected chi connectivity index (χ4v) is 3.47. The van der Waals surface area contributed by atoms with Gasteiger partial charge in [0.1, 0.15) is 0 Å². The smallest absolute Gasteiger partial charge is 0.351 e. The van der Waals surface area contributed by atoms with Crippen LogP contribution in [-0.4, -0.2) is 29.5 Å². The molecule has 2 atom stereocenters. The molecule has 0 spiro atoms. The minimum Gasteiger partial charge on any atom is -0.391 e. The third-order valence-corrected chi connectivity index (χ3v) is 5.01. The quantitative estimate of drug-likeness (QED) is 0.564. The molecule has 0 saturated carbocycles. The van der Waals surface area contributed by atoms with Gasteiger partial charge in [-0.25, -0.2) is 0 Å². The third kappa shape index (κ3) is 4.41. The summed E-state index contributed by atoms with van der Waals surface area (Å²) in [5, 5.41) is 8.70. The molecule has 4 nitrogen and oxygen atoms in total. The molecule has 0 rings (SSSR count). The Morgan fingerprint density at radius 2 is 1.67 bits per heavy atom. The second kappa shape index (κ2) is 6.87. The number of hydrogen-bond donors (Lipinski definition) is 1. The molecule has 0 heterocycles. The summed E-state index contributed by atoms with van der Waals surface area (Å²) in [4.78, 5) is 0. The highest BCUT2D eigenvalue weighted by Crippen LogP contribution is 2.56. The predicted molar refractivity (Wildman–Crippen MR) is 61.3 cm³/mol. The van der Waals surface area contributed by atoms with E-state index in [-0.39, 0.29) is 19.1 Å². The second-order valence-electron chi connectivity index (χ2n) is 3.48. The highest BCUT2D eigenvalue weighted by molar-refractivity contribution is 7.56. The molecule has 0 aliphatic carbocycles. The minimum atomic E-state index is -3.40. The zero-order chi connectivity index (χ0) is 12.1. The Hall–Kier alpha value is 0.400. The van der Waals surface area contributed by atoms with Gasteiger partial charge in [-0.2, -0.15) is 0 Å². The molecule has 1 N–H and O–H groups in total. The molecule has 0 aromatic heterocycles. The first-order chi connectivity index (χ1) is 6.89. The molecular weight excluding hydrogens is 239 g/mol. The monoisotopic (exact) mass is 258 g/mol. The highest BCUT2D eigenvalue weighted by Gasteiger charge is 2.40. The van der Waals surface area contributed by atoms with E-state index in [2.05, 4.69) is 0 Å². The lowest BCUT2D eigenvalue weighted by molar-refractivity contribution is 0.121. The molecule has 0 aromatic carbocycles. The normalized spacial score (nSPS) is 16.7. The Bertz CT molecular complexity index is 212. The largest absolute Gasteiger partial charge is 0.391 e. The van der Waals surface area contributed by atoms with Gasteiger partial charge in [-0.1, -0.05) is 13.8 Å². The Balaban J connectivity index is 4.68. The lowest BCUT2D eigenvalue weighted by Gasteiger charge is -2.27. The van der Waals surface area contributed by atoms with E-state index in [0.29, 0.717) is 0 Å². The van der Waals surface area contributed by atoms with Crippen LogP contribution in [0.2, 0.25) is 0 Å².